The van der Waals surface area contributed by atoms with Gasteiger partial charge in [-0.15, -0.1) is 11.3 Å². The van der Waals surface area contributed by atoms with Gasteiger partial charge in [-0.1, -0.05) is 6.42 Å². The van der Waals surface area contributed by atoms with Crippen molar-refractivity contribution in [2.24, 2.45) is 17.8 Å². The van der Waals surface area contributed by atoms with Crippen molar-refractivity contribution in [2.45, 2.75) is 25.7 Å². The number of hydrogen-bond acceptors (Lipinski definition) is 3. The number of urea groups is 1. The molecule has 3 unspecified atom stereocenters. The number of nitrogens with zero attached hydrogens (tertiary/aromatic N) is 1. The van der Waals surface area contributed by atoms with Crippen LogP contribution in [0, 0.1) is 17.8 Å². The number of rotatable bonds is 4. The molecular formula is C15H20N2O3S. The van der Waals surface area contributed by atoms with Crippen LogP contribution in [-0.2, 0) is 0 Å². The molecule has 114 valence electrons. The first-order chi connectivity index (χ1) is 10.0. The molecule has 0 saturated heterocycles. The molecule has 2 aliphatic rings. The highest BCUT2D eigenvalue weighted by Gasteiger charge is 2.40. The number of hydrogen-bond donors (Lipinski definition) is 2. The molecule has 0 spiro atoms. The second-order valence-corrected chi connectivity index (χ2v) is 7.13. The fraction of sp³-hybridized carbons (Fsp3) is 0.600. The van der Waals surface area contributed by atoms with Gasteiger partial charge in [-0.2, -0.15) is 0 Å². The van der Waals surface area contributed by atoms with Crippen LogP contribution >= 0.6 is 11.3 Å². The lowest BCUT2D eigenvalue weighted by Gasteiger charge is -2.27. The largest absolute Gasteiger partial charge is 0.478 e. The SMILES string of the molecule is CN(CC1CC2CCC1C2)C(=O)Nc1sccc1C(=O)O. The fourth-order valence-corrected chi connectivity index (χ4v) is 4.57. The molecule has 2 fully saturated rings. The number of carbonyl (C=O) groups is 2. The highest BCUT2D eigenvalue weighted by atomic mass is 32.1. The van der Waals surface area contributed by atoms with Gasteiger partial charge in [-0.3, -0.25) is 5.32 Å². The van der Waals surface area contributed by atoms with Crippen molar-refractivity contribution in [3.05, 3.63) is 17.0 Å². The van der Waals surface area contributed by atoms with Crippen LogP contribution in [0.2, 0.25) is 0 Å². The highest BCUT2D eigenvalue weighted by Crippen LogP contribution is 2.48. The Morgan fingerprint density at radius 3 is 2.86 bits per heavy atom. The summed E-state index contributed by atoms with van der Waals surface area (Å²) in [5.74, 6) is 1.25. The van der Waals surface area contributed by atoms with E-state index in [9.17, 15) is 9.59 Å². The molecule has 0 radical (unpaired) electrons. The van der Waals surface area contributed by atoms with Crippen LogP contribution in [0.1, 0.15) is 36.0 Å². The number of aromatic carboxylic acids is 1. The van der Waals surface area contributed by atoms with Gasteiger partial charge in [0, 0.05) is 13.6 Å². The third-order valence-electron chi connectivity index (χ3n) is 4.86. The van der Waals surface area contributed by atoms with E-state index in [4.69, 9.17) is 5.11 Å². The van der Waals surface area contributed by atoms with Gasteiger partial charge >= 0.3 is 12.0 Å². The number of carboxylic acids is 1. The number of amides is 2. The molecular weight excluding hydrogens is 288 g/mol. The molecule has 2 bridgehead atoms. The molecule has 2 aliphatic carbocycles. The van der Waals surface area contributed by atoms with Crippen LogP contribution in [0.5, 0.6) is 0 Å². The Kier molecular flexibility index (Phi) is 3.89. The van der Waals surface area contributed by atoms with Crippen LogP contribution < -0.4 is 5.32 Å². The standard InChI is InChI=1S/C15H20N2O3S/c1-17(8-11-7-9-2-3-10(11)6-9)15(20)16-13-12(14(18)19)4-5-21-13/h4-5,9-11H,2-3,6-8H2,1H3,(H,16,20)(H,18,19). The lowest BCUT2D eigenvalue weighted by Crippen LogP contribution is -2.36. The normalized spacial score (nSPS) is 26.8. The minimum absolute atomic E-state index is 0.154. The molecule has 5 nitrogen and oxygen atoms in total. The molecule has 1 heterocycles. The Hall–Kier alpha value is -1.56. The summed E-state index contributed by atoms with van der Waals surface area (Å²) in [6.07, 6.45) is 5.23. The molecule has 2 saturated carbocycles. The van der Waals surface area contributed by atoms with Gasteiger partial charge in [0.1, 0.15) is 5.00 Å². The number of thiophene rings is 1. The third-order valence-corrected chi connectivity index (χ3v) is 5.69. The van der Waals surface area contributed by atoms with Crippen LogP contribution in [-0.4, -0.2) is 35.6 Å². The minimum atomic E-state index is -1.01. The number of anilines is 1. The van der Waals surface area contributed by atoms with Crippen molar-refractivity contribution in [1.82, 2.24) is 4.90 Å². The Balaban J connectivity index is 1.57. The quantitative estimate of drug-likeness (QED) is 0.896. The summed E-state index contributed by atoms with van der Waals surface area (Å²) < 4.78 is 0. The third kappa shape index (κ3) is 2.90. The topological polar surface area (TPSA) is 69.6 Å². The number of carbonyl (C=O) groups excluding carboxylic acids is 1. The van der Waals surface area contributed by atoms with Crippen molar-refractivity contribution in [3.63, 3.8) is 0 Å². The number of fused-ring (bicyclic) bond motifs is 2. The second kappa shape index (κ2) is 5.67. The molecule has 0 aliphatic heterocycles. The summed E-state index contributed by atoms with van der Waals surface area (Å²) in [5, 5.41) is 13.8. The van der Waals surface area contributed by atoms with Gasteiger partial charge in [-0.25, -0.2) is 9.59 Å². The number of nitrogens with one attached hydrogen (secondary N) is 1. The molecule has 21 heavy (non-hydrogen) atoms. The van der Waals surface area contributed by atoms with Gasteiger partial charge in [-0.05, 0) is 48.5 Å². The summed E-state index contributed by atoms with van der Waals surface area (Å²) in [5.41, 5.74) is 0.154. The van der Waals surface area contributed by atoms with E-state index in [0.29, 0.717) is 10.9 Å². The predicted molar refractivity (Wildman–Crippen MR) is 81.9 cm³/mol. The van der Waals surface area contributed by atoms with Crippen molar-refractivity contribution in [3.8, 4) is 0 Å². The van der Waals surface area contributed by atoms with Gasteiger partial charge in [0.05, 0.1) is 5.56 Å². The van der Waals surface area contributed by atoms with E-state index < -0.39 is 5.97 Å². The average molecular weight is 308 g/mol. The first kappa shape index (κ1) is 14.4. The van der Waals surface area contributed by atoms with Gasteiger partial charge < -0.3 is 10.0 Å². The summed E-state index contributed by atoms with van der Waals surface area (Å²) >= 11 is 1.24. The van der Waals surface area contributed by atoms with Crippen molar-refractivity contribution < 1.29 is 14.7 Å². The molecule has 6 heteroatoms. The van der Waals surface area contributed by atoms with Gasteiger partial charge in [0.25, 0.3) is 0 Å². The molecule has 1 aromatic heterocycles. The maximum atomic E-state index is 12.2. The Morgan fingerprint density at radius 2 is 2.24 bits per heavy atom. The smallest absolute Gasteiger partial charge is 0.338 e. The van der Waals surface area contributed by atoms with E-state index in [1.165, 1.54) is 43.1 Å². The molecule has 2 amide bonds. The van der Waals surface area contributed by atoms with E-state index in [1.54, 1.807) is 17.3 Å². The predicted octanol–water partition coefficient (Wildman–Crippen LogP) is 3.35. The zero-order valence-electron chi connectivity index (χ0n) is 12.0. The summed E-state index contributed by atoms with van der Waals surface area (Å²) in [7, 11) is 1.79. The van der Waals surface area contributed by atoms with E-state index >= 15 is 0 Å². The second-order valence-electron chi connectivity index (χ2n) is 6.21. The lowest BCUT2D eigenvalue weighted by molar-refractivity contribution is 0.0698. The Labute approximate surface area is 128 Å². The van der Waals surface area contributed by atoms with E-state index in [-0.39, 0.29) is 11.6 Å². The van der Waals surface area contributed by atoms with Crippen LogP contribution in [0.4, 0.5) is 9.80 Å². The maximum absolute atomic E-state index is 12.2. The molecule has 1 aromatic rings. The molecule has 3 rings (SSSR count). The van der Waals surface area contributed by atoms with Crippen LogP contribution in [0.15, 0.2) is 11.4 Å². The van der Waals surface area contributed by atoms with Gasteiger partial charge in [0.15, 0.2) is 0 Å². The van der Waals surface area contributed by atoms with Crippen molar-refractivity contribution >= 4 is 28.3 Å². The van der Waals surface area contributed by atoms with Crippen LogP contribution in [0.25, 0.3) is 0 Å². The van der Waals surface area contributed by atoms with Crippen molar-refractivity contribution in [1.29, 1.82) is 0 Å². The monoisotopic (exact) mass is 308 g/mol. The molecule has 3 atom stereocenters. The van der Waals surface area contributed by atoms with E-state index in [2.05, 4.69) is 5.32 Å². The summed E-state index contributed by atoms with van der Waals surface area (Å²) in [6.45, 7) is 0.765. The maximum Gasteiger partial charge on any atom is 0.338 e. The molecule has 0 aromatic carbocycles. The summed E-state index contributed by atoms with van der Waals surface area (Å²) in [6, 6.07) is 1.29. The van der Waals surface area contributed by atoms with Crippen LogP contribution in [0.3, 0.4) is 0 Å². The van der Waals surface area contributed by atoms with Crippen molar-refractivity contribution in [2.75, 3.05) is 18.9 Å². The highest BCUT2D eigenvalue weighted by molar-refractivity contribution is 7.14. The zero-order valence-corrected chi connectivity index (χ0v) is 12.9. The Bertz CT molecular complexity index is 557. The van der Waals surface area contributed by atoms with Gasteiger partial charge in [0.2, 0.25) is 0 Å². The number of carboxylic acid groups (broad SMARTS) is 1. The Morgan fingerprint density at radius 1 is 1.43 bits per heavy atom. The molecule has 2 N–H and O–H groups in total. The van der Waals surface area contributed by atoms with E-state index in [1.807, 2.05) is 0 Å². The minimum Gasteiger partial charge on any atom is -0.478 e. The van der Waals surface area contributed by atoms with E-state index in [0.717, 1.165) is 18.4 Å². The average Bonchev–Trinajstić information content (AvgIpc) is 3.13. The first-order valence-corrected chi connectivity index (χ1v) is 8.25. The zero-order chi connectivity index (χ0) is 15.0. The fourth-order valence-electron chi connectivity index (χ4n) is 3.80. The lowest BCUT2D eigenvalue weighted by atomic mass is 9.88. The first-order valence-electron chi connectivity index (χ1n) is 7.37. The summed E-state index contributed by atoms with van der Waals surface area (Å²) in [4.78, 5) is 24.9.